The van der Waals surface area contributed by atoms with Gasteiger partial charge in [0.05, 0.1) is 13.2 Å². The topological polar surface area (TPSA) is 70.7 Å². The smallest absolute Gasteiger partial charge is 0.226 e. The maximum atomic E-state index is 12.0. The standard InChI is InChI=1S/C15H21N3O3.ClH/c1-11(19)18(2)14-5-3-4-12(8-14)17-15(20)9-13-10-21-7-6-16-13;/h3-5,8,13,16H,6-7,9-10H2,1-2H3,(H,17,20);1H. The third-order valence-corrected chi connectivity index (χ3v) is 3.42. The largest absolute Gasteiger partial charge is 0.378 e. The van der Waals surface area contributed by atoms with Crippen LogP contribution in [0.3, 0.4) is 0 Å². The summed E-state index contributed by atoms with van der Waals surface area (Å²) in [5.74, 6) is -0.123. The Morgan fingerprint density at radius 1 is 1.45 bits per heavy atom. The van der Waals surface area contributed by atoms with Gasteiger partial charge in [0, 0.05) is 44.4 Å². The van der Waals surface area contributed by atoms with Gasteiger partial charge < -0.3 is 20.3 Å². The fourth-order valence-corrected chi connectivity index (χ4v) is 2.16. The summed E-state index contributed by atoms with van der Waals surface area (Å²) in [5, 5.41) is 6.09. The van der Waals surface area contributed by atoms with E-state index in [-0.39, 0.29) is 30.3 Å². The molecule has 1 saturated heterocycles. The second-order valence-electron chi connectivity index (χ2n) is 5.11. The number of carbonyl (C=O) groups excluding carboxylic acids is 2. The predicted molar refractivity (Wildman–Crippen MR) is 88.6 cm³/mol. The van der Waals surface area contributed by atoms with Gasteiger partial charge in [-0.25, -0.2) is 0 Å². The monoisotopic (exact) mass is 327 g/mol. The third-order valence-electron chi connectivity index (χ3n) is 3.42. The molecule has 22 heavy (non-hydrogen) atoms. The molecular weight excluding hydrogens is 306 g/mol. The van der Waals surface area contributed by atoms with Gasteiger partial charge in [-0.1, -0.05) is 6.07 Å². The van der Waals surface area contributed by atoms with Crippen molar-refractivity contribution in [2.75, 3.05) is 37.0 Å². The maximum absolute atomic E-state index is 12.0. The van der Waals surface area contributed by atoms with Crippen LogP contribution in [0, 0.1) is 0 Å². The summed E-state index contributed by atoms with van der Waals surface area (Å²) >= 11 is 0. The maximum Gasteiger partial charge on any atom is 0.226 e. The minimum Gasteiger partial charge on any atom is -0.378 e. The quantitative estimate of drug-likeness (QED) is 0.877. The molecule has 1 fully saturated rings. The van der Waals surface area contributed by atoms with Gasteiger partial charge in [0.15, 0.2) is 0 Å². The van der Waals surface area contributed by atoms with Gasteiger partial charge in [0.1, 0.15) is 0 Å². The molecule has 0 saturated carbocycles. The van der Waals surface area contributed by atoms with Crippen LogP contribution < -0.4 is 15.5 Å². The molecule has 6 nitrogen and oxygen atoms in total. The molecule has 0 radical (unpaired) electrons. The number of nitrogens with zero attached hydrogens (tertiary/aromatic N) is 1. The Hall–Kier alpha value is -1.63. The van der Waals surface area contributed by atoms with Crippen molar-refractivity contribution in [3.8, 4) is 0 Å². The van der Waals surface area contributed by atoms with Gasteiger partial charge in [-0.15, -0.1) is 12.4 Å². The second-order valence-corrected chi connectivity index (χ2v) is 5.11. The zero-order valence-electron chi connectivity index (χ0n) is 12.8. The third kappa shape index (κ3) is 5.29. The number of amides is 2. The van der Waals surface area contributed by atoms with Gasteiger partial charge in [-0.3, -0.25) is 9.59 Å². The fraction of sp³-hybridized carbons (Fsp3) is 0.467. The van der Waals surface area contributed by atoms with Crippen molar-refractivity contribution < 1.29 is 14.3 Å². The molecule has 122 valence electrons. The van der Waals surface area contributed by atoms with E-state index in [1.807, 2.05) is 12.1 Å². The Kier molecular flexibility index (Phi) is 7.31. The number of hydrogen-bond acceptors (Lipinski definition) is 4. The summed E-state index contributed by atoms with van der Waals surface area (Å²) in [6.45, 7) is 3.52. The SMILES string of the molecule is CC(=O)N(C)c1cccc(NC(=O)CC2COCCN2)c1.Cl. The first kappa shape index (κ1) is 18.4. The Labute approximate surface area is 136 Å². The number of rotatable bonds is 4. The fourth-order valence-electron chi connectivity index (χ4n) is 2.16. The number of ether oxygens (including phenoxy) is 1. The van der Waals surface area contributed by atoms with Gasteiger partial charge in [0.2, 0.25) is 11.8 Å². The van der Waals surface area contributed by atoms with Crippen molar-refractivity contribution in [3.05, 3.63) is 24.3 Å². The molecule has 0 aromatic heterocycles. The van der Waals surface area contributed by atoms with Crippen LogP contribution >= 0.6 is 12.4 Å². The van der Waals surface area contributed by atoms with E-state index in [1.165, 1.54) is 11.8 Å². The molecule has 1 atom stereocenters. The zero-order chi connectivity index (χ0) is 15.2. The summed E-state index contributed by atoms with van der Waals surface area (Å²) < 4.78 is 5.32. The van der Waals surface area contributed by atoms with Crippen LogP contribution in [-0.2, 0) is 14.3 Å². The Balaban J connectivity index is 0.00000242. The van der Waals surface area contributed by atoms with Crippen LogP contribution in [0.2, 0.25) is 0 Å². The molecule has 1 aliphatic rings. The van der Waals surface area contributed by atoms with Crippen LogP contribution in [0.25, 0.3) is 0 Å². The van der Waals surface area contributed by atoms with E-state index in [0.29, 0.717) is 25.3 Å². The highest BCUT2D eigenvalue weighted by Crippen LogP contribution is 2.18. The average molecular weight is 328 g/mol. The number of halogens is 1. The number of anilines is 2. The first-order valence-electron chi connectivity index (χ1n) is 7.01. The van der Waals surface area contributed by atoms with E-state index in [2.05, 4.69) is 10.6 Å². The van der Waals surface area contributed by atoms with Gasteiger partial charge in [-0.05, 0) is 18.2 Å². The van der Waals surface area contributed by atoms with Gasteiger partial charge in [0.25, 0.3) is 0 Å². The van der Waals surface area contributed by atoms with E-state index in [0.717, 1.165) is 12.2 Å². The Morgan fingerprint density at radius 3 is 2.86 bits per heavy atom. The predicted octanol–water partition coefficient (Wildman–Crippen LogP) is 1.41. The van der Waals surface area contributed by atoms with Crippen molar-refractivity contribution >= 4 is 35.6 Å². The summed E-state index contributed by atoms with van der Waals surface area (Å²) in [4.78, 5) is 24.9. The highest BCUT2D eigenvalue weighted by molar-refractivity contribution is 5.94. The number of nitrogens with one attached hydrogen (secondary N) is 2. The molecule has 2 amide bonds. The molecule has 2 rings (SSSR count). The van der Waals surface area contributed by atoms with Crippen LogP contribution in [0.15, 0.2) is 24.3 Å². The number of hydrogen-bond donors (Lipinski definition) is 2. The average Bonchev–Trinajstić information content (AvgIpc) is 2.47. The van der Waals surface area contributed by atoms with Crippen LogP contribution in [-0.4, -0.2) is 44.7 Å². The van der Waals surface area contributed by atoms with E-state index in [9.17, 15) is 9.59 Å². The van der Waals surface area contributed by atoms with Gasteiger partial charge >= 0.3 is 0 Å². The molecule has 1 aromatic carbocycles. The molecule has 1 heterocycles. The van der Waals surface area contributed by atoms with E-state index in [1.54, 1.807) is 19.2 Å². The summed E-state index contributed by atoms with van der Waals surface area (Å²) in [7, 11) is 1.70. The van der Waals surface area contributed by atoms with Crippen molar-refractivity contribution in [1.29, 1.82) is 0 Å². The molecule has 1 aliphatic heterocycles. The molecule has 1 aromatic rings. The van der Waals surface area contributed by atoms with E-state index >= 15 is 0 Å². The van der Waals surface area contributed by atoms with Crippen LogP contribution in [0.5, 0.6) is 0 Å². The molecule has 7 heteroatoms. The number of carbonyl (C=O) groups is 2. The van der Waals surface area contributed by atoms with Crippen molar-refractivity contribution in [2.45, 2.75) is 19.4 Å². The lowest BCUT2D eigenvalue weighted by Crippen LogP contribution is -2.43. The zero-order valence-corrected chi connectivity index (χ0v) is 13.6. The molecule has 2 N–H and O–H groups in total. The van der Waals surface area contributed by atoms with Crippen molar-refractivity contribution in [3.63, 3.8) is 0 Å². The number of morpholine rings is 1. The first-order chi connectivity index (χ1) is 10.1. The molecule has 0 bridgehead atoms. The molecular formula is C15H22ClN3O3. The van der Waals surface area contributed by atoms with Gasteiger partial charge in [-0.2, -0.15) is 0 Å². The summed E-state index contributed by atoms with van der Waals surface area (Å²) in [6, 6.07) is 7.28. The van der Waals surface area contributed by atoms with Crippen molar-refractivity contribution in [1.82, 2.24) is 5.32 Å². The second kappa shape index (κ2) is 8.73. The Morgan fingerprint density at radius 2 is 2.23 bits per heavy atom. The van der Waals surface area contributed by atoms with E-state index < -0.39 is 0 Å². The normalized spacial score (nSPS) is 17.3. The molecule has 0 aliphatic carbocycles. The minimum atomic E-state index is -0.0689. The summed E-state index contributed by atoms with van der Waals surface area (Å²) in [5.41, 5.74) is 1.43. The van der Waals surface area contributed by atoms with Crippen LogP contribution in [0.4, 0.5) is 11.4 Å². The Bertz CT molecular complexity index is 519. The first-order valence-corrected chi connectivity index (χ1v) is 7.01. The highest BCUT2D eigenvalue weighted by atomic mass is 35.5. The van der Waals surface area contributed by atoms with Crippen molar-refractivity contribution in [2.24, 2.45) is 0 Å². The molecule has 1 unspecified atom stereocenters. The lowest BCUT2D eigenvalue weighted by molar-refractivity contribution is -0.117. The highest BCUT2D eigenvalue weighted by Gasteiger charge is 2.17. The lowest BCUT2D eigenvalue weighted by atomic mass is 10.2. The lowest BCUT2D eigenvalue weighted by Gasteiger charge is -2.23. The number of benzene rings is 1. The summed E-state index contributed by atoms with van der Waals surface area (Å²) in [6.07, 6.45) is 0.368. The molecule has 0 spiro atoms. The van der Waals surface area contributed by atoms with Crippen LogP contribution in [0.1, 0.15) is 13.3 Å². The minimum absolute atomic E-state index is 0. The van der Waals surface area contributed by atoms with E-state index in [4.69, 9.17) is 4.74 Å².